The van der Waals surface area contributed by atoms with Gasteiger partial charge in [0.2, 0.25) is 11.8 Å². The number of hydrogen-bond acceptors (Lipinski definition) is 5. The Kier molecular flexibility index (Phi) is 5.60. The van der Waals surface area contributed by atoms with Crippen molar-refractivity contribution in [1.29, 1.82) is 0 Å². The van der Waals surface area contributed by atoms with Crippen LogP contribution in [0.15, 0.2) is 18.6 Å². The van der Waals surface area contributed by atoms with Crippen molar-refractivity contribution >= 4 is 11.8 Å². The lowest BCUT2D eigenvalue weighted by Crippen LogP contribution is -2.41. The Morgan fingerprint density at radius 1 is 1.21 bits per heavy atom. The molecule has 2 aromatic rings. The molecule has 8 heteroatoms. The summed E-state index contributed by atoms with van der Waals surface area (Å²) in [5.74, 6) is 1.82. The molecule has 4 heterocycles. The van der Waals surface area contributed by atoms with Gasteiger partial charge in [-0.15, -0.1) is 0 Å². The summed E-state index contributed by atoms with van der Waals surface area (Å²) in [7, 11) is 0. The summed E-state index contributed by atoms with van der Waals surface area (Å²) < 4.78 is 1.93. The number of aryl methyl sites for hydroxylation is 1. The van der Waals surface area contributed by atoms with E-state index in [-0.39, 0.29) is 17.9 Å². The fraction of sp³-hybridized carbons (Fsp3) is 0.571. The predicted octanol–water partition coefficient (Wildman–Crippen LogP) is 1.89. The van der Waals surface area contributed by atoms with E-state index in [0.717, 1.165) is 61.6 Å². The molecular weight excluding hydrogens is 368 g/mol. The average Bonchev–Trinajstić information content (AvgIpc) is 3.20. The highest BCUT2D eigenvalue weighted by Gasteiger charge is 2.31. The third-order valence-electron chi connectivity index (χ3n) is 5.94. The number of piperidine rings is 1. The molecule has 1 atom stereocenters. The van der Waals surface area contributed by atoms with Gasteiger partial charge >= 0.3 is 0 Å². The number of imidazole rings is 1. The quantitative estimate of drug-likeness (QED) is 0.788. The van der Waals surface area contributed by atoms with Crippen molar-refractivity contribution < 1.29 is 9.59 Å². The molecule has 0 aliphatic carbocycles. The molecule has 2 aliphatic rings. The SMILES string of the molecule is CCc1nccn1CC(=O)N1CCCCC1c1ncc2c(n1)CCN(C(C)=O)C2. The highest BCUT2D eigenvalue weighted by molar-refractivity contribution is 5.76. The molecule has 4 rings (SSSR count). The smallest absolute Gasteiger partial charge is 0.243 e. The first-order valence-corrected chi connectivity index (χ1v) is 10.5. The van der Waals surface area contributed by atoms with E-state index in [9.17, 15) is 9.59 Å². The molecule has 1 saturated heterocycles. The van der Waals surface area contributed by atoms with Crippen molar-refractivity contribution in [2.45, 2.75) is 65.1 Å². The van der Waals surface area contributed by atoms with Gasteiger partial charge in [-0.1, -0.05) is 6.92 Å². The number of nitrogens with zero attached hydrogens (tertiary/aromatic N) is 6. The van der Waals surface area contributed by atoms with E-state index in [4.69, 9.17) is 4.98 Å². The summed E-state index contributed by atoms with van der Waals surface area (Å²) >= 11 is 0. The molecule has 29 heavy (non-hydrogen) atoms. The normalized spacial score (nSPS) is 19.2. The third-order valence-corrected chi connectivity index (χ3v) is 5.94. The number of fused-ring (bicyclic) bond motifs is 1. The first kappa shape index (κ1) is 19.5. The highest BCUT2D eigenvalue weighted by atomic mass is 16.2. The molecule has 0 aromatic carbocycles. The van der Waals surface area contributed by atoms with E-state index < -0.39 is 0 Å². The summed E-state index contributed by atoms with van der Waals surface area (Å²) in [4.78, 5) is 42.3. The molecule has 0 N–H and O–H groups in total. The summed E-state index contributed by atoms with van der Waals surface area (Å²) in [5.41, 5.74) is 2.02. The van der Waals surface area contributed by atoms with E-state index in [0.29, 0.717) is 19.6 Å². The van der Waals surface area contributed by atoms with Gasteiger partial charge in [0.1, 0.15) is 12.4 Å². The number of likely N-dealkylation sites (tertiary alicyclic amines) is 1. The Bertz CT molecular complexity index is 908. The topological polar surface area (TPSA) is 84.2 Å². The molecule has 154 valence electrons. The van der Waals surface area contributed by atoms with E-state index >= 15 is 0 Å². The number of amides is 2. The number of carbonyl (C=O) groups excluding carboxylic acids is 2. The number of rotatable bonds is 4. The Hall–Kier alpha value is -2.77. The minimum absolute atomic E-state index is 0.0785. The van der Waals surface area contributed by atoms with Crippen LogP contribution in [-0.2, 0) is 35.5 Å². The van der Waals surface area contributed by atoms with Crippen LogP contribution in [0.5, 0.6) is 0 Å². The minimum atomic E-state index is -0.0824. The Morgan fingerprint density at radius 2 is 2.07 bits per heavy atom. The fourth-order valence-corrected chi connectivity index (χ4v) is 4.29. The lowest BCUT2D eigenvalue weighted by atomic mass is 10.00. The van der Waals surface area contributed by atoms with Crippen LogP contribution in [0.2, 0.25) is 0 Å². The molecule has 2 aliphatic heterocycles. The molecule has 2 aromatic heterocycles. The molecule has 1 unspecified atom stereocenters. The molecule has 0 bridgehead atoms. The minimum Gasteiger partial charge on any atom is -0.338 e. The van der Waals surface area contributed by atoms with E-state index in [1.165, 1.54) is 0 Å². The first-order valence-electron chi connectivity index (χ1n) is 10.5. The van der Waals surface area contributed by atoms with Crippen molar-refractivity contribution in [3.05, 3.63) is 41.5 Å². The first-order chi connectivity index (χ1) is 14.1. The van der Waals surface area contributed by atoms with Crippen molar-refractivity contribution in [2.24, 2.45) is 0 Å². The number of aromatic nitrogens is 4. The van der Waals surface area contributed by atoms with Gasteiger partial charge in [0.05, 0.1) is 11.7 Å². The molecular formula is C21H28N6O2. The summed E-state index contributed by atoms with van der Waals surface area (Å²) in [6.45, 7) is 5.93. The zero-order chi connectivity index (χ0) is 20.4. The number of hydrogen-bond donors (Lipinski definition) is 0. The van der Waals surface area contributed by atoms with E-state index in [1.807, 2.05) is 33.7 Å². The standard InChI is InChI=1S/C21H28N6O2/c1-3-19-22-8-11-26(19)14-20(29)27-9-5-4-6-18(27)21-23-12-16-13-25(15(2)28)10-7-17(16)24-21/h8,11-12,18H,3-7,9-10,13-14H2,1-2H3. The van der Waals surface area contributed by atoms with Crippen LogP contribution in [0.1, 0.15) is 62.1 Å². The Morgan fingerprint density at radius 3 is 2.86 bits per heavy atom. The van der Waals surface area contributed by atoms with Gasteiger partial charge in [-0.3, -0.25) is 9.59 Å². The van der Waals surface area contributed by atoms with Gasteiger partial charge in [0.15, 0.2) is 5.82 Å². The highest BCUT2D eigenvalue weighted by Crippen LogP contribution is 2.30. The lowest BCUT2D eigenvalue weighted by molar-refractivity contribution is -0.136. The largest absolute Gasteiger partial charge is 0.338 e. The fourth-order valence-electron chi connectivity index (χ4n) is 4.29. The maximum absolute atomic E-state index is 13.1. The zero-order valence-corrected chi connectivity index (χ0v) is 17.2. The summed E-state index contributed by atoms with van der Waals surface area (Å²) in [6, 6.07) is -0.0824. The summed E-state index contributed by atoms with van der Waals surface area (Å²) in [6.07, 6.45) is 9.95. The second-order valence-corrected chi connectivity index (χ2v) is 7.81. The zero-order valence-electron chi connectivity index (χ0n) is 17.2. The molecule has 1 fully saturated rings. The van der Waals surface area contributed by atoms with Crippen molar-refractivity contribution in [3.8, 4) is 0 Å². The average molecular weight is 396 g/mol. The van der Waals surface area contributed by atoms with Gasteiger partial charge in [-0.05, 0) is 19.3 Å². The third kappa shape index (κ3) is 4.02. The molecule has 0 radical (unpaired) electrons. The molecule has 2 amide bonds. The second-order valence-electron chi connectivity index (χ2n) is 7.81. The maximum Gasteiger partial charge on any atom is 0.243 e. The van der Waals surface area contributed by atoms with Gasteiger partial charge in [0, 0.05) is 63.6 Å². The van der Waals surface area contributed by atoms with Crippen LogP contribution in [0.3, 0.4) is 0 Å². The van der Waals surface area contributed by atoms with Crippen molar-refractivity contribution in [2.75, 3.05) is 13.1 Å². The Balaban J connectivity index is 1.53. The van der Waals surface area contributed by atoms with Gasteiger partial charge in [-0.25, -0.2) is 15.0 Å². The van der Waals surface area contributed by atoms with Crippen LogP contribution in [0.25, 0.3) is 0 Å². The van der Waals surface area contributed by atoms with Crippen molar-refractivity contribution in [1.82, 2.24) is 29.3 Å². The number of carbonyl (C=O) groups is 2. The Labute approximate surface area is 171 Å². The monoisotopic (exact) mass is 396 g/mol. The van der Waals surface area contributed by atoms with Gasteiger partial charge < -0.3 is 14.4 Å². The predicted molar refractivity (Wildman–Crippen MR) is 107 cm³/mol. The summed E-state index contributed by atoms with van der Waals surface area (Å²) in [5, 5.41) is 0. The van der Waals surface area contributed by atoms with Crippen LogP contribution in [0.4, 0.5) is 0 Å². The molecule has 0 saturated carbocycles. The van der Waals surface area contributed by atoms with Gasteiger partial charge in [-0.2, -0.15) is 0 Å². The lowest BCUT2D eigenvalue weighted by Gasteiger charge is -2.35. The van der Waals surface area contributed by atoms with Gasteiger partial charge in [0.25, 0.3) is 0 Å². The van der Waals surface area contributed by atoms with Crippen LogP contribution in [-0.4, -0.2) is 54.2 Å². The van der Waals surface area contributed by atoms with E-state index in [1.54, 1.807) is 13.1 Å². The van der Waals surface area contributed by atoms with Crippen LogP contribution >= 0.6 is 0 Å². The van der Waals surface area contributed by atoms with E-state index in [2.05, 4.69) is 9.97 Å². The van der Waals surface area contributed by atoms with Crippen molar-refractivity contribution in [3.63, 3.8) is 0 Å². The molecule has 0 spiro atoms. The van der Waals surface area contributed by atoms with Crippen LogP contribution in [0, 0.1) is 0 Å². The molecule has 8 nitrogen and oxygen atoms in total. The second kappa shape index (κ2) is 8.31. The maximum atomic E-state index is 13.1. The van der Waals surface area contributed by atoms with Crippen LogP contribution < -0.4 is 0 Å².